The minimum Gasteiger partial charge on any atom is -0.469 e. The smallest absolute Gasteiger partial charge is 0.305 e. The summed E-state index contributed by atoms with van der Waals surface area (Å²) in [5, 5.41) is 20.9. The molecule has 2 aliphatic rings. The number of esters is 1. The molecule has 30 heavy (non-hydrogen) atoms. The number of benzene rings is 1. The maximum absolute atomic E-state index is 14.5. The summed E-state index contributed by atoms with van der Waals surface area (Å²) in [6.07, 6.45) is 9.32. The molecule has 1 aromatic rings. The molecule has 1 aromatic carbocycles. The molecule has 164 valence electrons. The van der Waals surface area contributed by atoms with Crippen LogP contribution in [0.4, 0.5) is 4.39 Å². The van der Waals surface area contributed by atoms with E-state index in [1.165, 1.54) is 18.2 Å². The first-order valence-electron chi connectivity index (χ1n) is 11.0. The Balaban J connectivity index is 1.51. The van der Waals surface area contributed by atoms with Gasteiger partial charge in [-0.2, -0.15) is 0 Å². The molecular formula is C25H33FO4. The SMILES string of the molecule is COC(=O)CCC/C=C/CC1C(O)C[C@H](F)[C@@H]1C=C[C@H](O)C1Cc2ccccc2C1. The third-order valence-corrected chi connectivity index (χ3v) is 6.52. The second-order valence-corrected chi connectivity index (χ2v) is 8.55. The second-order valence-electron chi connectivity index (χ2n) is 8.55. The number of ether oxygens (including phenoxy) is 1. The standard InChI is InChI=1S/C25H33FO4/c1-30-25(29)11-5-3-2-4-10-21-20(22(26)16-24(21)28)12-13-23(27)19-14-17-8-6-7-9-18(17)15-19/h2,4,6-9,12-13,19-24,27-28H,3,5,10-11,14-16H2,1H3/b4-2+,13-12?/t20-,21?,22+,23+,24?/m1/s1. The Morgan fingerprint density at radius 2 is 1.97 bits per heavy atom. The van der Waals surface area contributed by atoms with Crippen molar-refractivity contribution in [2.75, 3.05) is 7.11 Å². The van der Waals surface area contributed by atoms with Crippen molar-refractivity contribution in [3.8, 4) is 0 Å². The van der Waals surface area contributed by atoms with E-state index in [1.54, 1.807) is 12.2 Å². The lowest BCUT2D eigenvalue weighted by Gasteiger charge is -2.20. The first-order chi connectivity index (χ1) is 14.5. The monoisotopic (exact) mass is 416 g/mol. The van der Waals surface area contributed by atoms with Crippen molar-refractivity contribution in [3.05, 3.63) is 59.7 Å². The van der Waals surface area contributed by atoms with Crippen LogP contribution in [0, 0.1) is 17.8 Å². The largest absolute Gasteiger partial charge is 0.469 e. The van der Waals surface area contributed by atoms with Crippen LogP contribution in [0.2, 0.25) is 0 Å². The number of aliphatic hydroxyl groups excluding tert-OH is 2. The number of alkyl halides is 1. The van der Waals surface area contributed by atoms with Crippen molar-refractivity contribution >= 4 is 5.97 Å². The van der Waals surface area contributed by atoms with Crippen molar-refractivity contribution in [2.24, 2.45) is 17.8 Å². The Bertz CT molecular complexity index is 734. The van der Waals surface area contributed by atoms with Crippen molar-refractivity contribution in [1.29, 1.82) is 0 Å². The fourth-order valence-electron chi connectivity index (χ4n) is 4.74. The van der Waals surface area contributed by atoms with Crippen molar-refractivity contribution in [3.63, 3.8) is 0 Å². The number of aliphatic hydroxyl groups is 2. The Hall–Kier alpha value is -1.98. The van der Waals surface area contributed by atoms with Crippen LogP contribution in [0.5, 0.6) is 0 Å². The lowest BCUT2D eigenvalue weighted by Crippen LogP contribution is -2.21. The van der Waals surface area contributed by atoms with Crippen LogP contribution in [-0.2, 0) is 22.4 Å². The second kappa shape index (κ2) is 10.9. The van der Waals surface area contributed by atoms with Gasteiger partial charge >= 0.3 is 5.97 Å². The van der Waals surface area contributed by atoms with E-state index in [-0.39, 0.29) is 24.2 Å². The van der Waals surface area contributed by atoms with Crippen molar-refractivity contribution < 1.29 is 24.1 Å². The first-order valence-corrected chi connectivity index (χ1v) is 11.0. The van der Waals surface area contributed by atoms with Crippen molar-refractivity contribution in [2.45, 2.75) is 63.3 Å². The predicted octanol–water partition coefficient (Wildman–Crippen LogP) is 3.94. The summed E-state index contributed by atoms with van der Waals surface area (Å²) in [5.41, 5.74) is 2.56. The first kappa shape index (κ1) is 22.7. The Kier molecular flexibility index (Phi) is 8.23. The Morgan fingerprint density at radius 3 is 2.63 bits per heavy atom. The number of methoxy groups -OCH3 is 1. The van der Waals surface area contributed by atoms with Gasteiger partial charge in [-0.05, 0) is 55.1 Å². The number of rotatable bonds is 9. The van der Waals surface area contributed by atoms with E-state index in [0.29, 0.717) is 19.3 Å². The number of allylic oxidation sites excluding steroid dienone is 3. The van der Waals surface area contributed by atoms with Gasteiger partial charge in [0, 0.05) is 18.8 Å². The number of hydrogen-bond acceptors (Lipinski definition) is 4. The van der Waals surface area contributed by atoms with E-state index in [4.69, 9.17) is 0 Å². The van der Waals surface area contributed by atoms with E-state index < -0.39 is 24.3 Å². The number of fused-ring (bicyclic) bond motifs is 1. The number of carbonyl (C=O) groups excluding carboxylic acids is 1. The molecule has 5 atom stereocenters. The van der Waals surface area contributed by atoms with Gasteiger partial charge < -0.3 is 14.9 Å². The highest BCUT2D eigenvalue weighted by Gasteiger charge is 2.40. The lowest BCUT2D eigenvalue weighted by molar-refractivity contribution is -0.140. The minimum absolute atomic E-state index is 0.121. The molecule has 1 saturated carbocycles. The molecule has 4 nitrogen and oxygen atoms in total. The van der Waals surface area contributed by atoms with Crippen LogP contribution in [0.1, 0.15) is 43.2 Å². The summed E-state index contributed by atoms with van der Waals surface area (Å²) in [7, 11) is 1.38. The molecule has 3 rings (SSSR count). The zero-order chi connectivity index (χ0) is 21.5. The molecule has 1 fully saturated rings. The fraction of sp³-hybridized carbons (Fsp3) is 0.560. The van der Waals surface area contributed by atoms with Gasteiger partial charge in [-0.3, -0.25) is 4.79 Å². The van der Waals surface area contributed by atoms with Crippen molar-refractivity contribution in [1.82, 2.24) is 0 Å². The Morgan fingerprint density at radius 1 is 1.27 bits per heavy atom. The topological polar surface area (TPSA) is 66.8 Å². The van der Waals surface area contributed by atoms with E-state index in [1.807, 2.05) is 24.3 Å². The third-order valence-electron chi connectivity index (χ3n) is 6.52. The summed E-state index contributed by atoms with van der Waals surface area (Å²) >= 11 is 0. The zero-order valence-electron chi connectivity index (χ0n) is 17.6. The summed E-state index contributed by atoms with van der Waals surface area (Å²) in [4.78, 5) is 11.1. The number of carbonyl (C=O) groups is 1. The maximum Gasteiger partial charge on any atom is 0.305 e. The van der Waals surface area contributed by atoms with Gasteiger partial charge in [0.25, 0.3) is 0 Å². The zero-order valence-corrected chi connectivity index (χ0v) is 17.6. The molecule has 0 aromatic heterocycles. The van der Waals surface area contributed by atoms with Gasteiger partial charge in [0.15, 0.2) is 0 Å². The highest BCUT2D eigenvalue weighted by Crippen LogP contribution is 2.38. The fourth-order valence-corrected chi connectivity index (χ4v) is 4.74. The van der Waals surface area contributed by atoms with Gasteiger partial charge in [0.2, 0.25) is 0 Å². The molecule has 2 N–H and O–H groups in total. The molecule has 0 spiro atoms. The van der Waals surface area contributed by atoms with Gasteiger partial charge in [-0.1, -0.05) is 48.6 Å². The molecular weight excluding hydrogens is 383 g/mol. The molecule has 0 amide bonds. The predicted molar refractivity (Wildman–Crippen MR) is 115 cm³/mol. The molecule has 5 heteroatoms. The molecule has 0 saturated heterocycles. The van der Waals surface area contributed by atoms with Gasteiger partial charge in [-0.25, -0.2) is 4.39 Å². The van der Waals surface area contributed by atoms with Crippen LogP contribution >= 0.6 is 0 Å². The molecule has 0 heterocycles. The average molecular weight is 417 g/mol. The van der Waals surface area contributed by atoms with Crippen LogP contribution in [0.15, 0.2) is 48.6 Å². The summed E-state index contributed by atoms with van der Waals surface area (Å²) in [6.45, 7) is 0. The summed E-state index contributed by atoms with van der Waals surface area (Å²) < 4.78 is 19.1. The summed E-state index contributed by atoms with van der Waals surface area (Å²) in [5.74, 6) is -0.681. The molecule has 0 bridgehead atoms. The van der Waals surface area contributed by atoms with Gasteiger partial charge in [0.05, 0.1) is 19.3 Å². The molecule has 0 aliphatic heterocycles. The maximum atomic E-state index is 14.5. The minimum atomic E-state index is -1.10. The quantitative estimate of drug-likeness (QED) is 0.364. The Labute approximate surface area is 178 Å². The van der Waals surface area contributed by atoms with Crippen LogP contribution in [-0.4, -0.2) is 41.7 Å². The number of halogens is 1. The third kappa shape index (κ3) is 5.79. The summed E-state index contributed by atoms with van der Waals surface area (Å²) in [6, 6.07) is 8.24. The molecule has 2 aliphatic carbocycles. The number of hydrogen-bond donors (Lipinski definition) is 2. The highest BCUT2D eigenvalue weighted by atomic mass is 19.1. The van der Waals surface area contributed by atoms with Crippen LogP contribution in [0.3, 0.4) is 0 Å². The van der Waals surface area contributed by atoms with E-state index in [0.717, 1.165) is 19.3 Å². The lowest BCUT2D eigenvalue weighted by atomic mass is 9.89. The molecule has 0 radical (unpaired) electrons. The highest BCUT2D eigenvalue weighted by molar-refractivity contribution is 5.69. The van der Waals surface area contributed by atoms with Crippen LogP contribution < -0.4 is 0 Å². The molecule has 2 unspecified atom stereocenters. The van der Waals surface area contributed by atoms with E-state index in [9.17, 15) is 19.4 Å². The average Bonchev–Trinajstić information content (AvgIpc) is 3.29. The van der Waals surface area contributed by atoms with Gasteiger partial charge in [-0.15, -0.1) is 0 Å². The van der Waals surface area contributed by atoms with Crippen LogP contribution in [0.25, 0.3) is 0 Å². The van der Waals surface area contributed by atoms with Gasteiger partial charge in [0.1, 0.15) is 6.17 Å². The normalized spacial score (nSPS) is 27.7. The van der Waals surface area contributed by atoms with E-state index >= 15 is 0 Å². The van der Waals surface area contributed by atoms with E-state index in [2.05, 4.69) is 16.9 Å². The number of unbranched alkanes of at least 4 members (excludes halogenated alkanes) is 1.